The molecule has 28 heavy (non-hydrogen) atoms. The average Bonchev–Trinajstić information content (AvgIpc) is 3.07. The molecule has 3 aromatic rings. The smallest absolute Gasteiger partial charge is 0.334 e. The number of halogens is 6. The number of hydrogen-bond donors (Lipinski definition) is 0. The van der Waals surface area contributed by atoms with Crippen molar-refractivity contribution in [1.82, 2.24) is 20.1 Å². The molecule has 0 aliphatic heterocycles. The van der Waals surface area contributed by atoms with E-state index in [1.165, 1.54) is 0 Å². The van der Waals surface area contributed by atoms with Gasteiger partial charge in [-0.15, -0.1) is 0 Å². The number of benzene rings is 1. The fraction of sp³-hybridized carbons (Fsp3) is 0.250. The molecular formula is C16H10F6N4OS. The van der Waals surface area contributed by atoms with Crippen LogP contribution in [0.15, 0.2) is 40.1 Å². The number of aromatic nitrogens is 4. The molecule has 3 rings (SSSR count). The van der Waals surface area contributed by atoms with Gasteiger partial charge >= 0.3 is 12.4 Å². The van der Waals surface area contributed by atoms with Crippen molar-refractivity contribution in [2.75, 3.05) is 0 Å². The molecule has 0 radical (unpaired) electrons. The Hall–Kier alpha value is -2.63. The van der Waals surface area contributed by atoms with Crippen molar-refractivity contribution in [3.8, 4) is 11.5 Å². The van der Waals surface area contributed by atoms with Crippen LogP contribution < -0.4 is 0 Å². The van der Waals surface area contributed by atoms with E-state index < -0.39 is 34.9 Å². The number of thioether (sulfide) groups is 1. The third kappa shape index (κ3) is 4.80. The molecule has 0 spiro atoms. The van der Waals surface area contributed by atoms with E-state index in [0.29, 0.717) is 17.3 Å². The number of nitrogens with zero attached hydrogens (tertiary/aromatic N) is 4. The summed E-state index contributed by atoms with van der Waals surface area (Å²) >= 11 is 1.14. The second kappa shape index (κ2) is 7.41. The third-order valence-corrected chi connectivity index (χ3v) is 4.26. The van der Waals surface area contributed by atoms with Crippen molar-refractivity contribution < 1.29 is 30.9 Å². The van der Waals surface area contributed by atoms with Crippen molar-refractivity contribution in [1.29, 1.82) is 0 Å². The SMILES string of the molecule is Cc1ccnc(SCc2noc(-c3cc(C(F)(F)F)cc(C(F)(F)F)c3)n2)n1. The minimum Gasteiger partial charge on any atom is -0.334 e. The summed E-state index contributed by atoms with van der Waals surface area (Å²) in [5.41, 5.74) is -2.66. The van der Waals surface area contributed by atoms with Gasteiger partial charge in [-0.05, 0) is 31.2 Å². The van der Waals surface area contributed by atoms with E-state index >= 15 is 0 Å². The topological polar surface area (TPSA) is 64.7 Å². The van der Waals surface area contributed by atoms with E-state index in [0.717, 1.165) is 17.5 Å². The summed E-state index contributed by atoms with van der Waals surface area (Å²) in [5.74, 6) is -0.244. The summed E-state index contributed by atoms with van der Waals surface area (Å²) in [6, 6.07) is 2.79. The molecule has 12 heteroatoms. The highest BCUT2D eigenvalue weighted by Gasteiger charge is 2.37. The lowest BCUT2D eigenvalue weighted by atomic mass is 10.0. The Bertz CT molecular complexity index is 954. The average molecular weight is 420 g/mol. The third-order valence-electron chi connectivity index (χ3n) is 3.41. The molecule has 0 unspecified atom stereocenters. The first-order valence-corrected chi connectivity index (χ1v) is 8.56. The molecule has 0 atom stereocenters. The van der Waals surface area contributed by atoms with Gasteiger partial charge in [-0.3, -0.25) is 0 Å². The number of hydrogen-bond acceptors (Lipinski definition) is 6. The second-order valence-electron chi connectivity index (χ2n) is 5.58. The molecule has 148 valence electrons. The van der Waals surface area contributed by atoms with Crippen molar-refractivity contribution in [3.05, 3.63) is 53.1 Å². The van der Waals surface area contributed by atoms with E-state index in [1.54, 1.807) is 19.2 Å². The highest BCUT2D eigenvalue weighted by Crippen LogP contribution is 2.38. The van der Waals surface area contributed by atoms with E-state index in [-0.39, 0.29) is 17.6 Å². The summed E-state index contributed by atoms with van der Waals surface area (Å²) in [4.78, 5) is 12.0. The molecule has 0 saturated carbocycles. The summed E-state index contributed by atoms with van der Waals surface area (Å²) in [6.07, 6.45) is -8.37. The Morgan fingerprint density at radius 2 is 1.61 bits per heavy atom. The Balaban J connectivity index is 1.87. The quantitative estimate of drug-likeness (QED) is 0.330. The highest BCUT2D eigenvalue weighted by molar-refractivity contribution is 7.98. The van der Waals surface area contributed by atoms with Gasteiger partial charge in [-0.2, -0.15) is 31.3 Å². The van der Waals surface area contributed by atoms with Gasteiger partial charge in [-0.25, -0.2) is 9.97 Å². The van der Waals surface area contributed by atoms with Crippen LogP contribution in [0.2, 0.25) is 0 Å². The fourth-order valence-corrected chi connectivity index (χ4v) is 2.85. The number of alkyl halides is 6. The lowest BCUT2D eigenvalue weighted by Crippen LogP contribution is -2.11. The zero-order valence-corrected chi connectivity index (χ0v) is 14.8. The first kappa shape index (κ1) is 20.1. The van der Waals surface area contributed by atoms with E-state index in [2.05, 4.69) is 20.1 Å². The molecule has 0 aliphatic rings. The minimum absolute atomic E-state index is 0.0334. The van der Waals surface area contributed by atoms with E-state index in [9.17, 15) is 26.3 Å². The van der Waals surface area contributed by atoms with Crippen LogP contribution in [0.3, 0.4) is 0 Å². The largest absolute Gasteiger partial charge is 0.416 e. The summed E-state index contributed by atoms with van der Waals surface area (Å²) in [5, 5.41) is 4.01. The first-order valence-electron chi connectivity index (χ1n) is 7.57. The van der Waals surface area contributed by atoms with Crippen LogP contribution in [-0.4, -0.2) is 20.1 Å². The van der Waals surface area contributed by atoms with E-state index in [4.69, 9.17) is 4.52 Å². The summed E-state index contributed by atoms with van der Waals surface area (Å²) < 4.78 is 82.5. The van der Waals surface area contributed by atoms with Crippen LogP contribution in [0, 0.1) is 6.92 Å². The van der Waals surface area contributed by atoms with Crippen LogP contribution in [-0.2, 0) is 18.1 Å². The van der Waals surface area contributed by atoms with Crippen molar-refractivity contribution in [3.63, 3.8) is 0 Å². The minimum atomic E-state index is -4.96. The van der Waals surface area contributed by atoms with Crippen LogP contribution in [0.4, 0.5) is 26.3 Å². The maximum absolute atomic E-state index is 12.9. The molecule has 0 aliphatic carbocycles. The second-order valence-corrected chi connectivity index (χ2v) is 6.52. The van der Waals surface area contributed by atoms with Crippen LogP contribution >= 0.6 is 11.8 Å². The Kier molecular flexibility index (Phi) is 5.33. The zero-order chi connectivity index (χ0) is 20.5. The molecule has 2 heterocycles. The molecule has 5 nitrogen and oxygen atoms in total. The Morgan fingerprint density at radius 3 is 2.18 bits per heavy atom. The van der Waals surface area contributed by atoms with Crippen LogP contribution in [0.5, 0.6) is 0 Å². The van der Waals surface area contributed by atoms with Crippen LogP contribution in [0.1, 0.15) is 22.6 Å². The Labute approximate surface area is 158 Å². The predicted molar refractivity (Wildman–Crippen MR) is 86.1 cm³/mol. The van der Waals surface area contributed by atoms with Crippen LogP contribution in [0.25, 0.3) is 11.5 Å². The normalized spacial score (nSPS) is 12.4. The van der Waals surface area contributed by atoms with Gasteiger partial charge < -0.3 is 4.52 Å². The standard InChI is InChI=1S/C16H10F6N4OS/c1-8-2-3-23-14(24-8)28-7-12-25-13(27-26-12)9-4-10(15(17,18)19)6-11(5-9)16(20,21)22/h2-6H,7H2,1H3. The fourth-order valence-electron chi connectivity index (χ4n) is 2.13. The highest BCUT2D eigenvalue weighted by atomic mass is 32.2. The molecule has 0 saturated heterocycles. The maximum atomic E-state index is 12.9. The van der Waals surface area contributed by atoms with Crippen molar-refractivity contribution >= 4 is 11.8 Å². The van der Waals surface area contributed by atoms with Crippen molar-refractivity contribution in [2.24, 2.45) is 0 Å². The molecule has 1 aromatic carbocycles. The Morgan fingerprint density at radius 1 is 0.964 bits per heavy atom. The number of aryl methyl sites for hydroxylation is 1. The van der Waals surface area contributed by atoms with Gasteiger partial charge in [0.1, 0.15) is 0 Å². The molecule has 2 aromatic heterocycles. The molecule has 0 bridgehead atoms. The van der Waals surface area contributed by atoms with E-state index in [1.807, 2.05) is 0 Å². The van der Waals surface area contributed by atoms with Gasteiger partial charge in [0.15, 0.2) is 11.0 Å². The lowest BCUT2D eigenvalue weighted by Gasteiger charge is -2.12. The lowest BCUT2D eigenvalue weighted by molar-refractivity contribution is -0.143. The van der Waals surface area contributed by atoms with Gasteiger partial charge in [0.2, 0.25) is 0 Å². The maximum Gasteiger partial charge on any atom is 0.416 e. The zero-order valence-electron chi connectivity index (χ0n) is 14.0. The predicted octanol–water partition coefficient (Wildman–Crippen LogP) is 5.16. The molecule has 0 N–H and O–H groups in total. The summed E-state index contributed by atoms with van der Waals surface area (Å²) in [7, 11) is 0. The van der Waals surface area contributed by atoms with Crippen molar-refractivity contribution in [2.45, 2.75) is 30.2 Å². The molecule has 0 fully saturated rings. The monoisotopic (exact) mass is 420 g/mol. The summed E-state index contributed by atoms with van der Waals surface area (Å²) in [6.45, 7) is 1.77. The number of rotatable bonds is 4. The van der Waals surface area contributed by atoms with Gasteiger partial charge in [0.25, 0.3) is 5.89 Å². The van der Waals surface area contributed by atoms with Gasteiger partial charge in [-0.1, -0.05) is 16.9 Å². The first-order chi connectivity index (χ1) is 13.0. The van der Waals surface area contributed by atoms with Gasteiger partial charge in [0, 0.05) is 17.5 Å². The van der Waals surface area contributed by atoms with Gasteiger partial charge in [0.05, 0.1) is 16.9 Å². The molecular weight excluding hydrogens is 410 g/mol. The molecule has 0 amide bonds.